The molecule has 1 aliphatic heterocycles. The number of imide groups is 2. The highest BCUT2D eigenvalue weighted by Crippen LogP contribution is 2.36. The number of benzene rings is 3. The number of carbonyl (C=O) groups excluding carboxylic acids is 4. The molecule has 1 aliphatic rings. The van der Waals surface area contributed by atoms with Crippen molar-refractivity contribution in [3.05, 3.63) is 84.7 Å². The Morgan fingerprint density at radius 3 is 2.29 bits per heavy atom. The van der Waals surface area contributed by atoms with E-state index in [1.807, 2.05) is 0 Å². The fourth-order valence-electron chi connectivity index (χ4n) is 3.37. The maximum absolute atomic E-state index is 13.0. The van der Waals surface area contributed by atoms with Crippen molar-refractivity contribution in [2.24, 2.45) is 0 Å². The van der Waals surface area contributed by atoms with Crippen molar-refractivity contribution < 1.29 is 29.0 Å². The standard InChI is InChI=1S/C25H15Br2Cl2N3O6/c26-17-8-12(7-16-23(35)31-25(37)32(24(16)36)14-2-4-15(33)5-3-14)9-18(27)22(17)38-11-21(34)30-13-1-6-19(28)20(29)10-13/h1-10,33H,11H2,(H,30,34)(H,31,35,37)/b16-7-. The highest BCUT2D eigenvalue weighted by Gasteiger charge is 2.36. The molecule has 0 unspecified atom stereocenters. The summed E-state index contributed by atoms with van der Waals surface area (Å²) in [6.45, 7) is -0.331. The number of urea groups is 1. The average Bonchev–Trinajstić information content (AvgIpc) is 2.84. The molecule has 1 heterocycles. The topological polar surface area (TPSA) is 125 Å². The molecule has 0 spiro atoms. The summed E-state index contributed by atoms with van der Waals surface area (Å²) >= 11 is 18.6. The maximum Gasteiger partial charge on any atom is 0.335 e. The second-order valence-corrected chi connectivity index (χ2v) is 10.3. The van der Waals surface area contributed by atoms with Crippen LogP contribution in [0.2, 0.25) is 10.0 Å². The Labute approximate surface area is 242 Å². The van der Waals surface area contributed by atoms with Gasteiger partial charge in [0, 0.05) is 5.69 Å². The minimum atomic E-state index is -0.909. The molecule has 9 nitrogen and oxygen atoms in total. The lowest BCUT2D eigenvalue weighted by atomic mass is 10.1. The first kappa shape index (κ1) is 27.6. The number of carbonyl (C=O) groups is 4. The van der Waals surface area contributed by atoms with Crippen LogP contribution >= 0.6 is 55.1 Å². The van der Waals surface area contributed by atoms with E-state index < -0.39 is 23.8 Å². The van der Waals surface area contributed by atoms with Crippen LogP contribution in [0.1, 0.15) is 5.56 Å². The number of rotatable bonds is 6. The SMILES string of the molecule is O=C(COc1c(Br)cc(/C=C2/C(=O)NC(=O)N(c3ccc(O)cc3)C2=O)cc1Br)Nc1ccc(Cl)c(Cl)c1. The molecule has 0 radical (unpaired) electrons. The Morgan fingerprint density at radius 2 is 1.66 bits per heavy atom. The summed E-state index contributed by atoms with van der Waals surface area (Å²) in [6.07, 6.45) is 1.31. The molecule has 1 saturated heterocycles. The highest BCUT2D eigenvalue weighted by atomic mass is 79.9. The molecule has 0 aromatic heterocycles. The van der Waals surface area contributed by atoms with E-state index in [0.29, 0.717) is 36.0 Å². The van der Waals surface area contributed by atoms with Crippen LogP contribution < -0.4 is 20.3 Å². The zero-order valence-corrected chi connectivity index (χ0v) is 23.6. The molecule has 38 heavy (non-hydrogen) atoms. The second kappa shape index (κ2) is 11.6. The summed E-state index contributed by atoms with van der Waals surface area (Å²) in [6, 6.07) is 12.3. The number of nitrogens with one attached hydrogen (secondary N) is 2. The number of hydrogen-bond acceptors (Lipinski definition) is 6. The zero-order valence-electron chi connectivity index (χ0n) is 18.9. The molecule has 13 heteroatoms. The number of barbiturate groups is 1. The first-order chi connectivity index (χ1) is 18.0. The maximum atomic E-state index is 13.0. The van der Waals surface area contributed by atoms with Crippen LogP contribution in [-0.4, -0.2) is 35.5 Å². The van der Waals surface area contributed by atoms with Gasteiger partial charge in [0.15, 0.2) is 6.61 Å². The predicted octanol–water partition coefficient (Wildman–Crippen LogP) is 5.91. The van der Waals surface area contributed by atoms with Gasteiger partial charge >= 0.3 is 6.03 Å². The van der Waals surface area contributed by atoms with Crippen molar-refractivity contribution in [3.8, 4) is 11.5 Å². The molecule has 3 N–H and O–H groups in total. The van der Waals surface area contributed by atoms with Gasteiger partial charge in [-0.1, -0.05) is 23.2 Å². The lowest BCUT2D eigenvalue weighted by molar-refractivity contribution is -0.122. The molecular weight excluding hydrogens is 669 g/mol. The van der Waals surface area contributed by atoms with Crippen molar-refractivity contribution >= 4 is 96.3 Å². The second-order valence-electron chi connectivity index (χ2n) is 7.75. The molecular formula is C25H15Br2Cl2N3O6. The molecule has 4 rings (SSSR count). The quantitative estimate of drug-likeness (QED) is 0.219. The van der Waals surface area contributed by atoms with Gasteiger partial charge in [-0.25, -0.2) is 9.69 Å². The van der Waals surface area contributed by atoms with E-state index in [0.717, 1.165) is 4.90 Å². The Kier molecular flexibility index (Phi) is 8.41. The van der Waals surface area contributed by atoms with Crippen LogP contribution in [0.15, 0.2) is 69.1 Å². The Bertz CT molecular complexity index is 1490. The van der Waals surface area contributed by atoms with E-state index in [1.165, 1.54) is 36.4 Å². The van der Waals surface area contributed by atoms with Crippen LogP contribution in [0.25, 0.3) is 6.08 Å². The van der Waals surface area contributed by atoms with Crippen LogP contribution in [0.3, 0.4) is 0 Å². The Hall–Kier alpha value is -3.38. The van der Waals surface area contributed by atoms with Gasteiger partial charge in [-0.3, -0.25) is 19.7 Å². The Morgan fingerprint density at radius 1 is 1.00 bits per heavy atom. The number of phenols is 1. The lowest BCUT2D eigenvalue weighted by Crippen LogP contribution is -2.54. The first-order valence-corrected chi connectivity index (χ1v) is 12.9. The summed E-state index contributed by atoms with van der Waals surface area (Å²) in [5.41, 5.74) is 0.762. The van der Waals surface area contributed by atoms with Crippen molar-refractivity contribution in [2.45, 2.75) is 0 Å². The smallest absolute Gasteiger partial charge is 0.335 e. The number of amides is 5. The molecule has 0 bridgehead atoms. The van der Waals surface area contributed by atoms with E-state index in [-0.39, 0.29) is 23.6 Å². The van der Waals surface area contributed by atoms with Gasteiger partial charge in [-0.05, 0) is 98.1 Å². The van der Waals surface area contributed by atoms with Gasteiger partial charge in [0.2, 0.25) is 0 Å². The third-order valence-corrected chi connectivity index (χ3v) is 7.01. The third kappa shape index (κ3) is 6.18. The molecule has 3 aromatic carbocycles. The number of nitrogens with zero attached hydrogens (tertiary/aromatic N) is 1. The van der Waals surface area contributed by atoms with Crippen LogP contribution in [0, 0.1) is 0 Å². The number of ether oxygens (including phenoxy) is 1. The minimum Gasteiger partial charge on any atom is -0.508 e. The van der Waals surface area contributed by atoms with E-state index in [1.54, 1.807) is 24.3 Å². The fourth-order valence-corrected chi connectivity index (χ4v) is 5.12. The third-order valence-electron chi connectivity index (χ3n) is 5.09. The number of anilines is 2. The molecule has 0 saturated carbocycles. The van der Waals surface area contributed by atoms with Crippen molar-refractivity contribution in [1.29, 1.82) is 0 Å². The van der Waals surface area contributed by atoms with Crippen molar-refractivity contribution in [1.82, 2.24) is 5.32 Å². The van der Waals surface area contributed by atoms with Crippen molar-refractivity contribution in [3.63, 3.8) is 0 Å². The molecule has 1 fully saturated rings. The highest BCUT2D eigenvalue weighted by molar-refractivity contribution is 9.11. The molecule has 194 valence electrons. The zero-order chi connectivity index (χ0) is 27.6. The molecule has 3 aromatic rings. The molecule has 0 aliphatic carbocycles. The van der Waals surface area contributed by atoms with Crippen molar-refractivity contribution in [2.75, 3.05) is 16.8 Å². The van der Waals surface area contributed by atoms with Gasteiger partial charge < -0.3 is 15.2 Å². The van der Waals surface area contributed by atoms with Gasteiger partial charge in [-0.15, -0.1) is 0 Å². The van der Waals surface area contributed by atoms with Gasteiger partial charge in [-0.2, -0.15) is 0 Å². The van der Waals surface area contributed by atoms with E-state index in [2.05, 4.69) is 42.5 Å². The van der Waals surface area contributed by atoms with Gasteiger partial charge in [0.1, 0.15) is 17.1 Å². The van der Waals surface area contributed by atoms with Crippen LogP contribution in [0.5, 0.6) is 11.5 Å². The minimum absolute atomic E-state index is 0.0469. The average molecular weight is 684 g/mol. The normalized spacial score (nSPS) is 14.5. The number of hydrogen-bond donors (Lipinski definition) is 3. The molecule has 0 atom stereocenters. The largest absolute Gasteiger partial charge is 0.508 e. The summed E-state index contributed by atoms with van der Waals surface area (Å²) in [5.74, 6) is -1.89. The van der Waals surface area contributed by atoms with E-state index in [9.17, 15) is 24.3 Å². The monoisotopic (exact) mass is 681 g/mol. The van der Waals surface area contributed by atoms with Gasteiger partial charge in [0.05, 0.1) is 24.7 Å². The predicted molar refractivity (Wildman–Crippen MR) is 150 cm³/mol. The van der Waals surface area contributed by atoms with Gasteiger partial charge in [0.25, 0.3) is 17.7 Å². The summed E-state index contributed by atoms with van der Waals surface area (Å²) < 4.78 is 6.49. The van der Waals surface area contributed by atoms with Crippen LogP contribution in [0.4, 0.5) is 16.2 Å². The van der Waals surface area contributed by atoms with Crippen LogP contribution in [-0.2, 0) is 14.4 Å². The van der Waals surface area contributed by atoms with E-state index in [4.69, 9.17) is 27.9 Å². The van der Waals surface area contributed by atoms with E-state index >= 15 is 0 Å². The number of halogens is 4. The number of phenolic OH excluding ortho intramolecular Hbond substituents is 1. The Balaban J connectivity index is 1.51. The lowest BCUT2D eigenvalue weighted by Gasteiger charge is -2.26. The summed E-state index contributed by atoms with van der Waals surface area (Å²) in [5, 5.41) is 14.9. The summed E-state index contributed by atoms with van der Waals surface area (Å²) in [7, 11) is 0. The molecule has 5 amide bonds. The first-order valence-electron chi connectivity index (χ1n) is 10.6. The fraction of sp³-hybridized carbons (Fsp3) is 0.0400. The number of aromatic hydroxyl groups is 1. The summed E-state index contributed by atoms with van der Waals surface area (Å²) in [4.78, 5) is 50.9.